The van der Waals surface area contributed by atoms with Gasteiger partial charge in [-0.05, 0) is 36.3 Å². The Morgan fingerprint density at radius 1 is 1.04 bits per heavy atom. The highest BCUT2D eigenvalue weighted by atomic mass is 32.1. The van der Waals surface area contributed by atoms with Crippen LogP contribution in [0.5, 0.6) is 5.75 Å². The SMILES string of the molecule is COc1ccccc1[C@H](CNC(=S)NCCc1ccccc1)[NH+](C)C. The molecule has 0 unspecified atom stereocenters. The Bertz CT molecular complexity index is 661. The first-order valence-corrected chi connectivity index (χ1v) is 9.01. The summed E-state index contributed by atoms with van der Waals surface area (Å²) < 4.78 is 5.51. The van der Waals surface area contributed by atoms with Crippen LogP contribution in [-0.4, -0.2) is 39.4 Å². The van der Waals surface area contributed by atoms with Crippen molar-refractivity contribution in [3.63, 3.8) is 0 Å². The quantitative estimate of drug-likeness (QED) is 0.627. The van der Waals surface area contributed by atoms with Crippen LogP contribution in [0.3, 0.4) is 0 Å². The minimum absolute atomic E-state index is 0.255. The zero-order valence-corrected chi connectivity index (χ0v) is 16.0. The maximum atomic E-state index is 5.51. The number of ether oxygens (including phenoxy) is 1. The van der Waals surface area contributed by atoms with Crippen molar-refractivity contribution in [3.8, 4) is 5.75 Å². The molecule has 134 valence electrons. The van der Waals surface area contributed by atoms with Gasteiger partial charge in [0.05, 0.1) is 33.3 Å². The van der Waals surface area contributed by atoms with Crippen molar-refractivity contribution in [2.24, 2.45) is 0 Å². The molecule has 0 amide bonds. The Morgan fingerprint density at radius 2 is 1.72 bits per heavy atom. The van der Waals surface area contributed by atoms with Crippen LogP contribution in [0.4, 0.5) is 0 Å². The molecule has 0 saturated carbocycles. The molecule has 0 spiro atoms. The first kappa shape index (κ1) is 19.2. The molecule has 0 heterocycles. The first-order chi connectivity index (χ1) is 12.1. The number of para-hydroxylation sites is 1. The van der Waals surface area contributed by atoms with E-state index in [1.807, 2.05) is 24.3 Å². The Labute approximate surface area is 156 Å². The van der Waals surface area contributed by atoms with Crippen LogP contribution < -0.4 is 20.3 Å². The lowest BCUT2D eigenvalue weighted by Gasteiger charge is -2.24. The van der Waals surface area contributed by atoms with Gasteiger partial charge in [0.2, 0.25) is 0 Å². The molecule has 2 aromatic carbocycles. The molecular weight excluding hydrogens is 330 g/mol. The number of nitrogens with one attached hydrogen (secondary N) is 3. The van der Waals surface area contributed by atoms with Crippen LogP contribution in [0.25, 0.3) is 0 Å². The van der Waals surface area contributed by atoms with Crippen molar-refractivity contribution in [2.75, 3.05) is 34.3 Å². The second kappa shape index (κ2) is 10.0. The van der Waals surface area contributed by atoms with Gasteiger partial charge in [-0.3, -0.25) is 0 Å². The van der Waals surface area contributed by atoms with Gasteiger partial charge < -0.3 is 20.3 Å². The van der Waals surface area contributed by atoms with E-state index in [1.54, 1.807) is 7.11 Å². The monoisotopic (exact) mass is 358 g/mol. The van der Waals surface area contributed by atoms with Gasteiger partial charge in [0.25, 0.3) is 0 Å². The van der Waals surface area contributed by atoms with Gasteiger partial charge in [-0.1, -0.05) is 42.5 Å². The summed E-state index contributed by atoms with van der Waals surface area (Å²) in [4.78, 5) is 1.32. The van der Waals surface area contributed by atoms with Crippen LogP contribution in [0, 0.1) is 0 Å². The number of hydrogen-bond donors (Lipinski definition) is 3. The number of likely N-dealkylation sites (N-methyl/N-ethyl adjacent to an activating group) is 1. The van der Waals surface area contributed by atoms with Crippen LogP contribution in [-0.2, 0) is 6.42 Å². The molecule has 0 bridgehead atoms. The van der Waals surface area contributed by atoms with Crippen molar-refractivity contribution in [3.05, 3.63) is 65.7 Å². The fraction of sp³-hybridized carbons (Fsp3) is 0.350. The van der Waals surface area contributed by atoms with E-state index in [4.69, 9.17) is 17.0 Å². The molecule has 0 radical (unpaired) electrons. The number of rotatable bonds is 8. The molecule has 0 aliphatic rings. The molecule has 2 rings (SSSR count). The third-order valence-corrected chi connectivity index (χ3v) is 4.51. The van der Waals surface area contributed by atoms with Gasteiger partial charge in [-0.25, -0.2) is 0 Å². The Kier molecular flexibility index (Phi) is 7.70. The van der Waals surface area contributed by atoms with Crippen LogP contribution in [0.2, 0.25) is 0 Å². The molecule has 4 nitrogen and oxygen atoms in total. The second-order valence-electron chi connectivity index (χ2n) is 6.24. The van der Waals surface area contributed by atoms with Gasteiger partial charge in [0.1, 0.15) is 11.8 Å². The minimum atomic E-state index is 0.255. The summed E-state index contributed by atoms with van der Waals surface area (Å²) in [5.41, 5.74) is 2.49. The van der Waals surface area contributed by atoms with E-state index >= 15 is 0 Å². The summed E-state index contributed by atoms with van der Waals surface area (Å²) in [6.45, 7) is 1.57. The standard InChI is InChI=1S/C20H27N3OS/c1-23(2)18(17-11-7-8-12-19(17)24-3)15-22-20(25)21-14-13-16-9-5-4-6-10-16/h4-12,18H,13-15H2,1-3H3,(H2,21,22,25)/p+1/t18-/m0/s1. The van der Waals surface area contributed by atoms with Crippen molar-refractivity contribution in [2.45, 2.75) is 12.5 Å². The summed E-state index contributed by atoms with van der Waals surface area (Å²) in [6, 6.07) is 18.8. The fourth-order valence-corrected chi connectivity index (χ4v) is 2.99. The van der Waals surface area contributed by atoms with E-state index in [-0.39, 0.29) is 6.04 Å². The topological polar surface area (TPSA) is 37.7 Å². The number of benzene rings is 2. The summed E-state index contributed by atoms with van der Waals surface area (Å²) in [6.07, 6.45) is 0.956. The van der Waals surface area contributed by atoms with E-state index < -0.39 is 0 Å². The normalized spacial score (nSPS) is 11.8. The summed E-state index contributed by atoms with van der Waals surface area (Å²) >= 11 is 5.42. The van der Waals surface area contributed by atoms with Gasteiger partial charge in [0, 0.05) is 6.54 Å². The number of thiocarbonyl (C=S) groups is 1. The second-order valence-corrected chi connectivity index (χ2v) is 6.65. The highest BCUT2D eigenvalue weighted by Gasteiger charge is 2.21. The molecule has 0 aliphatic carbocycles. The predicted molar refractivity (Wildman–Crippen MR) is 107 cm³/mol. The largest absolute Gasteiger partial charge is 0.496 e. The molecule has 2 aromatic rings. The smallest absolute Gasteiger partial charge is 0.166 e. The molecule has 0 aliphatic heterocycles. The predicted octanol–water partition coefficient (Wildman–Crippen LogP) is 1.59. The molecule has 0 fully saturated rings. The fourth-order valence-electron chi connectivity index (χ4n) is 2.80. The Balaban J connectivity index is 1.85. The molecule has 3 N–H and O–H groups in total. The number of hydrogen-bond acceptors (Lipinski definition) is 2. The highest BCUT2D eigenvalue weighted by molar-refractivity contribution is 7.80. The zero-order chi connectivity index (χ0) is 18.1. The average Bonchev–Trinajstić information content (AvgIpc) is 2.63. The molecule has 0 aromatic heterocycles. The highest BCUT2D eigenvalue weighted by Crippen LogP contribution is 2.22. The van der Waals surface area contributed by atoms with E-state index in [1.165, 1.54) is 16.0 Å². The van der Waals surface area contributed by atoms with Crippen molar-refractivity contribution in [1.29, 1.82) is 0 Å². The minimum Gasteiger partial charge on any atom is -0.496 e. The van der Waals surface area contributed by atoms with Crippen LogP contribution in [0.1, 0.15) is 17.2 Å². The third-order valence-electron chi connectivity index (χ3n) is 4.22. The van der Waals surface area contributed by atoms with Crippen LogP contribution >= 0.6 is 12.2 Å². The van der Waals surface area contributed by atoms with Crippen molar-refractivity contribution >= 4 is 17.3 Å². The van der Waals surface area contributed by atoms with E-state index in [2.05, 4.69) is 55.1 Å². The molecule has 1 atom stereocenters. The van der Waals surface area contributed by atoms with Crippen LogP contribution in [0.15, 0.2) is 54.6 Å². The molecule has 0 saturated heterocycles. The van der Waals surface area contributed by atoms with Crippen molar-refractivity contribution < 1.29 is 9.64 Å². The molecular formula is C20H28N3OS+. The lowest BCUT2D eigenvalue weighted by molar-refractivity contribution is -0.890. The maximum Gasteiger partial charge on any atom is 0.166 e. The van der Waals surface area contributed by atoms with Gasteiger partial charge in [-0.15, -0.1) is 0 Å². The number of quaternary nitrogens is 1. The average molecular weight is 359 g/mol. The van der Waals surface area contributed by atoms with E-state index in [0.29, 0.717) is 5.11 Å². The van der Waals surface area contributed by atoms with Gasteiger partial charge >= 0.3 is 0 Å². The summed E-state index contributed by atoms with van der Waals surface area (Å²) in [5.74, 6) is 0.915. The third kappa shape index (κ3) is 6.03. The maximum absolute atomic E-state index is 5.51. The zero-order valence-electron chi connectivity index (χ0n) is 15.2. The van der Waals surface area contributed by atoms with Gasteiger partial charge in [0.15, 0.2) is 5.11 Å². The molecule has 25 heavy (non-hydrogen) atoms. The van der Waals surface area contributed by atoms with Gasteiger partial charge in [-0.2, -0.15) is 0 Å². The van der Waals surface area contributed by atoms with E-state index in [9.17, 15) is 0 Å². The van der Waals surface area contributed by atoms with Crippen molar-refractivity contribution in [1.82, 2.24) is 10.6 Å². The summed E-state index contributed by atoms with van der Waals surface area (Å²) in [7, 11) is 6.00. The lowest BCUT2D eigenvalue weighted by atomic mass is 10.0. The first-order valence-electron chi connectivity index (χ1n) is 8.60. The lowest BCUT2D eigenvalue weighted by Crippen LogP contribution is -3.07. The number of methoxy groups -OCH3 is 1. The Morgan fingerprint density at radius 3 is 2.40 bits per heavy atom. The summed E-state index contributed by atoms with van der Waals surface area (Å²) in [5, 5.41) is 7.32. The molecule has 5 heteroatoms. The van der Waals surface area contributed by atoms with E-state index in [0.717, 1.165) is 25.3 Å². The Hall–Kier alpha value is -2.11.